The topological polar surface area (TPSA) is 95.1 Å². The maximum Gasteiger partial charge on any atom is 0.254 e. The molecule has 1 atom stereocenters. The van der Waals surface area contributed by atoms with Crippen LogP contribution < -0.4 is 15.8 Å². The quantitative estimate of drug-likeness (QED) is 0.538. The molecule has 0 bridgehead atoms. The zero-order valence-electron chi connectivity index (χ0n) is 17.6. The second-order valence-corrected chi connectivity index (χ2v) is 7.48. The molecule has 1 aliphatic rings. The van der Waals surface area contributed by atoms with E-state index in [1.54, 1.807) is 0 Å². The maximum absolute atomic E-state index is 14.3. The van der Waals surface area contributed by atoms with E-state index in [0.717, 1.165) is 36.6 Å². The molecule has 3 N–H and O–H groups in total. The van der Waals surface area contributed by atoms with Crippen molar-refractivity contribution in [2.45, 2.75) is 26.3 Å². The molecule has 10 heteroatoms. The van der Waals surface area contributed by atoms with Crippen molar-refractivity contribution in [1.82, 2.24) is 20.1 Å². The smallest absolute Gasteiger partial charge is 0.254 e. The van der Waals surface area contributed by atoms with Gasteiger partial charge >= 0.3 is 0 Å². The van der Waals surface area contributed by atoms with Gasteiger partial charge in [-0.2, -0.15) is 0 Å². The van der Waals surface area contributed by atoms with Gasteiger partial charge in [0.2, 0.25) is 0 Å². The van der Waals surface area contributed by atoms with Crippen LogP contribution in [0.25, 0.3) is 0 Å². The molecular formula is C22H26Cl2FN5O2. The van der Waals surface area contributed by atoms with Gasteiger partial charge in [0.15, 0.2) is 0 Å². The van der Waals surface area contributed by atoms with Crippen LogP contribution in [0.4, 0.5) is 4.39 Å². The first-order valence-electron chi connectivity index (χ1n) is 9.97. The number of hydrogen-bond donors (Lipinski definition) is 2. The van der Waals surface area contributed by atoms with Gasteiger partial charge in [-0.25, -0.2) is 4.39 Å². The fourth-order valence-electron chi connectivity index (χ4n) is 3.63. The van der Waals surface area contributed by atoms with Crippen LogP contribution in [0.3, 0.4) is 0 Å². The fraction of sp³-hybridized carbons (Fsp3) is 0.318. The largest absolute Gasteiger partial charge is 0.457 e. The molecule has 0 radical (unpaired) electrons. The van der Waals surface area contributed by atoms with Crippen molar-refractivity contribution < 1.29 is 13.9 Å². The summed E-state index contributed by atoms with van der Waals surface area (Å²) < 4.78 is 22.1. The molecule has 0 fully saturated rings. The minimum absolute atomic E-state index is 0. The summed E-state index contributed by atoms with van der Waals surface area (Å²) >= 11 is 0. The van der Waals surface area contributed by atoms with Crippen LogP contribution in [0.2, 0.25) is 0 Å². The summed E-state index contributed by atoms with van der Waals surface area (Å²) in [5, 5.41) is 11.0. The highest BCUT2D eigenvalue weighted by atomic mass is 35.5. The number of halogens is 3. The van der Waals surface area contributed by atoms with E-state index in [4.69, 9.17) is 10.5 Å². The van der Waals surface area contributed by atoms with Gasteiger partial charge in [0.25, 0.3) is 5.91 Å². The first-order chi connectivity index (χ1) is 14.5. The Morgan fingerprint density at radius 1 is 1.19 bits per heavy atom. The Kier molecular flexibility index (Phi) is 9.00. The number of ether oxygens (including phenoxy) is 1. The van der Waals surface area contributed by atoms with Crippen LogP contribution in [0, 0.1) is 18.7 Å². The number of nitrogens with two attached hydrogens (primary N) is 1. The van der Waals surface area contributed by atoms with E-state index in [1.807, 2.05) is 35.8 Å². The van der Waals surface area contributed by atoms with E-state index in [0.29, 0.717) is 24.6 Å². The number of benzene rings is 2. The van der Waals surface area contributed by atoms with Gasteiger partial charge < -0.3 is 20.4 Å². The lowest BCUT2D eigenvalue weighted by atomic mass is 10.1. The average Bonchev–Trinajstić information content (AvgIpc) is 3.31. The molecule has 3 aromatic rings. The Labute approximate surface area is 198 Å². The molecule has 0 saturated heterocycles. The predicted molar refractivity (Wildman–Crippen MR) is 124 cm³/mol. The monoisotopic (exact) mass is 481 g/mol. The lowest BCUT2D eigenvalue weighted by molar-refractivity contribution is 0.0942. The molecule has 4 rings (SSSR count). The molecule has 1 amide bonds. The zero-order chi connectivity index (χ0) is 21.1. The fourth-order valence-corrected chi connectivity index (χ4v) is 3.63. The van der Waals surface area contributed by atoms with Crippen LogP contribution in [0.15, 0.2) is 42.5 Å². The second-order valence-electron chi connectivity index (χ2n) is 7.48. The minimum Gasteiger partial charge on any atom is -0.457 e. The van der Waals surface area contributed by atoms with Crippen LogP contribution >= 0.6 is 24.8 Å². The summed E-state index contributed by atoms with van der Waals surface area (Å²) in [5.41, 5.74) is 6.63. The molecular weight excluding hydrogens is 456 g/mol. The number of carbonyl (C=O) groups is 1. The van der Waals surface area contributed by atoms with E-state index in [-0.39, 0.29) is 36.3 Å². The lowest BCUT2D eigenvalue weighted by Gasteiger charge is -2.12. The molecule has 172 valence electrons. The molecule has 32 heavy (non-hydrogen) atoms. The standard InChI is InChI=1S/C22H24FN5O2.2ClH/c1-14-26-27-21-10-16(13-28(14)21)12-25-22(29)19-11-18(6-7-20(19)23)30-17-4-2-15(3-5-17)8-9-24;;/h2-7,11,16H,8-10,12-13,24H2,1H3,(H,25,29);2*1H. The number of amides is 1. The summed E-state index contributed by atoms with van der Waals surface area (Å²) in [6.07, 6.45) is 1.53. The van der Waals surface area contributed by atoms with Crippen molar-refractivity contribution in [3.63, 3.8) is 0 Å². The van der Waals surface area contributed by atoms with E-state index in [9.17, 15) is 9.18 Å². The van der Waals surface area contributed by atoms with Crippen molar-refractivity contribution in [2.24, 2.45) is 11.7 Å². The maximum atomic E-state index is 14.3. The van der Waals surface area contributed by atoms with Crippen molar-refractivity contribution >= 4 is 30.7 Å². The van der Waals surface area contributed by atoms with Gasteiger partial charge in [-0.05, 0) is 55.8 Å². The van der Waals surface area contributed by atoms with Gasteiger partial charge in [0.05, 0.1) is 5.56 Å². The van der Waals surface area contributed by atoms with Crippen molar-refractivity contribution in [3.05, 3.63) is 71.1 Å². The molecule has 0 spiro atoms. The van der Waals surface area contributed by atoms with Gasteiger partial charge in [-0.1, -0.05) is 12.1 Å². The SMILES string of the molecule is Cc1nnc2n1CC(CNC(=O)c1cc(Oc3ccc(CCN)cc3)ccc1F)C2.Cl.Cl. The summed E-state index contributed by atoms with van der Waals surface area (Å²) in [7, 11) is 0. The van der Waals surface area contributed by atoms with E-state index in [2.05, 4.69) is 15.5 Å². The normalized spacial score (nSPS) is 14.2. The Morgan fingerprint density at radius 2 is 1.91 bits per heavy atom. The number of hydrogen-bond acceptors (Lipinski definition) is 5. The number of aromatic nitrogens is 3. The highest BCUT2D eigenvalue weighted by Crippen LogP contribution is 2.25. The molecule has 2 heterocycles. The van der Waals surface area contributed by atoms with Gasteiger partial charge in [-0.3, -0.25) is 4.79 Å². The predicted octanol–water partition coefficient (Wildman–Crippen LogP) is 3.47. The Bertz CT molecular complexity index is 1060. The number of carbonyl (C=O) groups excluding carboxylic acids is 1. The Morgan fingerprint density at radius 3 is 2.59 bits per heavy atom. The third-order valence-corrected chi connectivity index (χ3v) is 5.25. The third-order valence-electron chi connectivity index (χ3n) is 5.25. The average molecular weight is 482 g/mol. The first kappa shape index (κ1) is 25.6. The molecule has 2 aromatic carbocycles. The van der Waals surface area contributed by atoms with Crippen LogP contribution in [0.1, 0.15) is 27.6 Å². The number of rotatable bonds is 7. The molecule has 0 aliphatic carbocycles. The third kappa shape index (κ3) is 5.76. The van der Waals surface area contributed by atoms with Crippen molar-refractivity contribution in [3.8, 4) is 11.5 Å². The first-order valence-corrected chi connectivity index (χ1v) is 9.97. The van der Waals surface area contributed by atoms with E-state index in [1.165, 1.54) is 18.2 Å². The Hall–Kier alpha value is -2.68. The van der Waals surface area contributed by atoms with Crippen molar-refractivity contribution in [1.29, 1.82) is 0 Å². The highest BCUT2D eigenvalue weighted by molar-refractivity contribution is 5.94. The highest BCUT2D eigenvalue weighted by Gasteiger charge is 2.25. The summed E-state index contributed by atoms with van der Waals surface area (Å²) in [4.78, 5) is 12.6. The van der Waals surface area contributed by atoms with Crippen LogP contribution in [-0.4, -0.2) is 33.8 Å². The molecule has 7 nitrogen and oxygen atoms in total. The molecule has 0 saturated carbocycles. The van der Waals surface area contributed by atoms with Crippen molar-refractivity contribution in [2.75, 3.05) is 13.1 Å². The molecule has 1 aromatic heterocycles. The Balaban J connectivity index is 0.00000181. The van der Waals surface area contributed by atoms with Gasteiger partial charge in [-0.15, -0.1) is 35.0 Å². The molecule has 1 aliphatic heterocycles. The summed E-state index contributed by atoms with van der Waals surface area (Å²) in [6, 6.07) is 11.7. The number of nitrogens with one attached hydrogen (secondary N) is 1. The van der Waals surface area contributed by atoms with E-state index >= 15 is 0 Å². The second kappa shape index (κ2) is 11.3. The minimum atomic E-state index is -0.586. The van der Waals surface area contributed by atoms with Gasteiger partial charge in [0.1, 0.15) is 29.0 Å². The molecule has 1 unspecified atom stereocenters. The van der Waals surface area contributed by atoms with E-state index < -0.39 is 11.7 Å². The summed E-state index contributed by atoms with van der Waals surface area (Å²) in [5.74, 6) is 1.96. The number of nitrogens with zero attached hydrogens (tertiary/aromatic N) is 3. The number of fused-ring (bicyclic) bond motifs is 1. The van der Waals surface area contributed by atoms with Gasteiger partial charge in [0, 0.05) is 25.4 Å². The lowest BCUT2D eigenvalue weighted by Crippen LogP contribution is -2.30. The van der Waals surface area contributed by atoms with Crippen LogP contribution in [0.5, 0.6) is 11.5 Å². The number of aryl methyl sites for hydroxylation is 1. The summed E-state index contributed by atoms with van der Waals surface area (Å²) in [6.45, 7) is 3.68. The van der Waals surface area contributed by atoms with Crippen LogP contribution in [-0.2, 0) is 19.4 Å². The zero-order valence-corrected chi connectivity index (χ0v) is 19.2.